The number of rotatable bonds is 8. The summed E-state index contributed by atoms with van der Waals surface area (Å²) < 4.78 is 38.3. The van der Waals surface area contributed by atoms with E-state index >= 15 is 0 Å². The van der Waals surface area contributed by atoms with E-state index in [1.165, 1.54) is 12.6 Å². The van der Waals surface area contributed by atoms with E-state index in [0.29, 0.717) is 22.9 Å². The number of alkyl halides is 3. The van der Waals surface area contributed by atoms with Gasteiger partial charge in [0, 0.05) is 26.2 Å². The van der Waals surface area contributed by atoms with Gasteiger partial charge in [-0.1, -0.05) is 53.5 Å². The minimum atomic E-state index is -4.56. The lowest BCUT2D eigenvalue weighted by atomic mass is 9.75. The Morgan fingerprint density at radius 2 is 1.79 bits per heavy atom. The molecule has 2 heterocycles. The second-order valence-corrected chi connectivity index (χ2v) is 11.4. The van der Waals surface area contributed by atoms with Crippen LogP contribution in [0, 0.1) is 0 Å². The number of amides is 2. The van der Waals surface area contributed by atoms with Crippen molar-refractivity contribution in [1.29, 1.82) is 0 Å². The molecule has 6 nitrogen and oxygen atoms in total. The molecular formula is C28H33Cl2F3N4O2. The van der Waals surface area contributed by atoms with E-state index in [1.807, 2.05) is 29.2 Å². The third-order valence-electron chi connectivity index (χ3n) is 7.76. The third kappa shape index (κ3) is 7.25. The van der Waals surface area contributed by atoms with Crippen molar-refractivity contribution in [1.82, 2.24) is 20.0 Å². The molecule has 0 unspecified atom stereocenters. The third-order valence-corrected chi connectivity index (χ3v) is 8.50. The lowest BCUT2D eigenvalue weighted by molar-refractivity contribution is -0.161. The summed E-state index contributed by atoms with van der Waals surface area (Å²) in [5, 5.41) is 4.06. The van der Waals surface area contributed by atoms with Crippen molar-refractivity contribution in [2.45, 2.75) is 49.9 Å². The van der Waals surface area contributed by atoms with E-state index in [9.17, 15) is 22.8 Å². The number of hydrogen-bond acceptors (Lipinski definition) is 4. The average Bonchev–Trinajstić information content (AvgIpc) is 2.86. The summed E-state index contributed by atoms with van der Waals surface area (Å²) in [6.45, 7) is 2.32. The van der Waals surface area contributed by atoms with Crippen LogP contribution in [0.25, 0.3) is 0 Å². The van der Waals surface area contributed by atoms with Crippen LogP contribution in [0.4, 0.5) is 13.2 Å². The Bertz CT molecular complexity index is 1200. The zero-order valence-electron chi connectivity index (χ0n) is 22.0. The number of hydrogen-bond donors (Lipinski definition) is 1. The molecule has 1 fully saturated rings. The van der Waals surface area contributed by atoms with Gasteiger partial charge in [-0.15, -0.1) is 0 Å². The van der Waals surface area contributed by atoms with Crippen LogP contribution < -0.4 is 5.32 Å². The van der Waals surface area contributed by atoms with E-state index in [1.54, 1.807) is 19.2 Å². The highest BCUT2D eigenvalue weighted by Crippen LogP contribution is 2.38. The van der Waals surface area contributed by atoms with Crippen molar-refractivity contribution in [3.05, 3.63) is 69.2 Å². The molecule has 4 rings (SSSR count). The summed E-state index contributed by atoms with van der Waals surface area (Å²) in [5.74, 6) is -0.939. The molecule has 2 aliphatic rings. The predicted octanol–water partition coefficient (Wildman–Crippen LogP) is 5.39. The number of halogens is 5. The van der Waals surface area contributed by atoms with Gasteiger partial charge >= 0.3 is 6.18 Å². The van der Waals surface area contributed by atoms with E-state index in [4.69, 9.17) is 23.2 Å². The molecule has 0 radical (unpaired) electrons. The van der Waals surface area contributed by atoms with Crippen LogP contribution in [0.3, 0.4) is 0 Å². The molecule has 1 spiro atoms. The maximum atomic E-state index is 12.8. The van der Waals surface area contributed by atoms with Crippen LogP contribution in [-0.4, -0.2) is 73.1 Å². The Morgan fingerprint density at radius 1 is 1.10 bits per heavy atom. The van der Waals surface area contributed by atoms with Crippen molar-refractivity contribution in [3.63, 3.8) is 0 Å². The molecule has 2 amide bonds. The number of nitrogens with zero attached hydrogens (tertiary/aromatic N) is 3. The lowest BCUT2D eigenvalue weighted by Gasteiger charge is -2.46. The summed E-state index contributed by atoms with van der Waals surface area (Å²) in [6, 6.07) is 13.2. The van der Waals surface area contributed by atoms with E-state index < -0.39 is 18.5 Å². The highest BCUT2D eigenvalue weighted by atomic mass is 35.5. The smallest absolute Gasteiger partial charge is 0.346 e. The maximum absolute atomic E-state index is 12.8. The summed E-state index contributed by atoms with van der Waals surface area (Å²) >= 11 is 12.4. The van der Waals surface area contributed by atoms with Crippen molar-refractivity contribution in [2.75, 3.05) is 40.4 Å². The maximum Gasteiger partial charge on any atom is 0.397 e. The molecule has 0 bridgehead atoms. The second-order valence-electron chi connectivity index (χ2n) is 10.6. The molecule has 0 saturated carbocycles. The summed E-state index contributed by atoms with van der Waals surface area (Å²) in [7, 11) is 3.15. The highest BCUT2D eigenvalue weighted by Gasteiger charge is 2.41. The standard InChI is InChI=1S/C28H33Cl2F3N4O2/c1-35(18-36(2)26(39)17-28(31,32)33)24(20-7-8-22(29)23(30)15-20)9-12-37-13-10-27(11-14-37)21-6-4-3-5-19(21)16-25(38)34-27/h3-8,15,24H,9-14,16-18H2,1-2H3,(H,34,38)/t24-/m0/s1. The van der Waals surface area contributed by atoms with Gasteiger partial charge in [0.05, 0.1) is 28.7 Å². The molecule has 11 heteroatoms. The Morgan fingerprint density at radius 3 is 2.46 bits per heavy atom. The number of carbonyl (C=O) groups is 2. The molecule has 0 aliphatic carbocycles. The fourth-order valence-corrected chi connectivity index (χ4v) is 6.04. The van der Waals surface area contributed by atoms with Gasteiger partial charge in [-0.3, -0.25) is 14.5 Å². The Balaban J connectivity index is 1.43. The fraction of sp³-hybridized carbons (Fsp3) is 0.500. The molecule has 39 heavy (non-hydrogen) atoms. The van der Waals surface area contributed by atoms with Crippen LogP contribution in [0.1, 0.15) is 48.4 Å². The van der Waals surface area contributed by atoms with Gasteiger partial charge in [0.2, 0.25) is 11.8 Å². The minimum absolute atomic E-state index is 0.0196. The van der Waals surface area contributed by atoms with Crippen LogP contribution in [-0.2, 0) is 21.5 Å². The van der Waals surface area contributed by atoms with Gasteiger partial charge in [-0.25, -0.2) is 0 Å². The van der Waals surface area contributed by atoms with Gasteiger partial charge in [-0.2, -0.15) is 13.2 Å². The minimum Gasteiger partial charge on any atom is -0.346 e. The first-order valence-corrected chi connectivity index (χ1v) is 13.7. The van der Waals surface area contributed by atoms with Crippen LogP contribution in [0.5, 0.6) is 0 Å². The quantitative estimate of drug-likeness (QED) is 0.423. The Kier molecular flexibility index (Phi) is 9.15. The molecule has 2 aromatic carbocycles. The molecule has 212 valence electrons. The first-order chi connectivity index (χ1) is 18.4. The molecule has 2 aliphatic heterocycles. The number of likely N-dealkylation sites (tertiary alicyclic amines) is 1. The molecule has 1 N–H and O–H groups in total. The van der Waals surface area contributed by atoms with Crippen LogP contribution in [0.15, 0.2) is 42.5 Å². The summed E-state index contributed by atoms with van der Waals surface area (Å²) in [5.41, 5.74) is 2.79. The predicted molar refractivity (Wildman–Crippen MR) is 146 cm³/mol. The number of fused-ring (bicyclic) bond motifs is 2. The molecule has 1 atom stereocenters. The normalized spacial score (nSPS) is 18.1. The van der Waals surface area contributed by atoms with Crippen molar-refractivity contribution < 1.29 is 22.8 Å². The van der Waals surface area contributed by atoms with Crippen LogP contribution >= 0.6 is 23.2 Å². The number of benzene rings is 2. The fourth-order valence-electron chi connectivity index (χ4n) is 5.73. The summed E-state index contributed by atoms with van der Waals surface area (Å²) in [6.07, 6.45) is -3.42. The molecule has 2 aromatic rings. The number of piperidine rings is 1. The molecule has 0 aromatic heterocycles. The van der Waals surface area contributed by atoms with Gasteiger partial charge in [0.25, 0.3) is 0 Å². The highest BCUT2D eigenvalue weighted by molar-refractivity contribution is 6.42. The zero-order valence-corrected chi connectivity index (χ0v) is 23.5. The van der Waals surface area contributed by atoms with E-state index in [-0.39, 0.29) is 24.2 Å². The van der Waals surface area contributed by atoms with Crippen molar-refractivity contribution >= 4 is 35.0 Å². The summed E-state index contributed by atoms with van der Waals surface area (Å²) in [4.78, 5) is 29.9. The molecule has 1 saturated heterocycles. The Hall–Kier alpha value is -2.33. The van der Waals surface area contributed by atoms with Gasteiger partial charge in [-0.05, 0) is 61.7 Å². The SMILES string of the molecule is CN(CN(C)[C@@H](CCN1CCC2(CC1)NC(=O)Cc1ccccc12)c1ccc(Cl)c(Cl)c1)C(=O)CC(F)(F)F. The first-order valence-electron chi connectivity index (χ1n) is 12.9. The van der Waals surface area contributed by atoms with Gasteiger partial charge < -0.3 is 15.1 Å². The largest absolute Gasteiger partial charge is 0.397 e. The van der Waals surface area contributed by atoms with Crippen LogP contribution in [0.2, 0.25) is 10.0 Å². The van der Waals surface area contributed by atoms with Gasteiger partial charge in [0.1, 0.15) is 6.42 Å². The lowest BCUT2D eigenvalue weighted by Crippen LogP contribution is -2.56. The first kappa shape index (κ1) is 29.6. The average molecular weight is 585 g/mol. The topological polar surface area (TPSA) is 55.9 Å². The molecular weight excluding hydrogens is 552 g/mol. The monoisotopic (exact) mass is 584 g/mol. The number of nitrogens with one attached hydrogen (secondary N) is 1. The van der Waals surface area contributed by atoms with Crippen molar-refractivity contribution in [3.8, 4) is 0 Å². The number of carbonyl (C=O) groups excluding carboxylic acids is 2. The van der Waals surface area contributed by atoms with Crippen molar-refractivity contribution in [2.24, 2.45) is 0 Å². The second kappa shape index (κ2) is 12.0. The Labute approximate surface area is 237 Å². The van der Waals surface area contributed by atoms with Gasteiger partial charge in [0.15, 0.2) is 0 Å². The van der Waals surface area contributed by atoms with E-state index in [2.05, 4.69) is 16.3 Å². The van der Waals surface area contributed by atoms with E-state index in [0.717, 1.165) is 48.5 Å². The zero-order chi connectivity index (χ0) is 28.4.